The zero-order valence-electron chi connectivity index (χ0n) is 17.9. The highest BCUT2D eigenvalue weighted by Crippen LogP contribution is 2.58. The fourth-order valence-electron chi connectivity index (χ4n) is 5.54. The van der Waals surface area contributed by atoms with Gasteiger partial charge in [-0.15, -0.1) is 6.58 Å². The third-order valence-corrected chi connectivity index (χ3v) is 6.97. The van der Waals surface area contributed by atoms with Crippen molar-refractivity contribution < 1.29 is 29.0 Å². The summed E-state index contributed by atoms with van der Waals surface area (Å²) in [5, 5.41) is 10.0. The number of anilines is 1. The van der Waals surface area contributed by atoms with Gasteiger partial charge in [-0.3, -0.25) is 14.4 Å². The van der Waals surface area contributed by atoms with Crippen molar-refractivity contribution in [1.82, 2.24) is 4.90 Å². The van der Waals surface area contributed by atoms with Crippen LogP contribution in [0.15, 0.2) is 36.9 Å². The van der Waals surface area contributed by atoms with Crippen LogP contribution in [0.1, 0.15) is 19.8 Å². The molecule has 1 aromatic rings. The van der Waals surface area contributed by atoms with Crippen LogP contribution in [0, 0.1) is 11.8 Å². The van der Waals surface area contributed by atoms with Gasteiger partial charge in [-0.2, -0.15) is 0 Å². The lowest BCUT2D eigenvalue weighted by atomic mass is 9.70. The molecule has 0 saturated carbocycles. The van der Waals surface area contributed by atoms with Crippen molar-refractivity contribution in [3.8, 4) is 0 Å². The Bertz CT molecular complexity index is 939. The molecule has 3 saturated heterocycles. The number of likely N-dealkylation sites (tertiary alicyclic amines) is 1. The van der Waals surface area contributed by atoms with E-state index in [4.69, 9.17) is 21.1 Å². The van der Waals surface area contributed by atoms with Crippen LogP contribution in [0.2, 0.25) is 5.02 Å². The number of aliphatic hydroxyl groups excluding tert-OH is 1. The number of carbonyl (C=O) groups is 3. The maximum Gasteiger partial charge on any atom is 0.312 e. The van der Waals surface area contributed by atoms with E-state index in [-0.39, 0.29) is 38.1 Å². The fraction of sp³-hybridized carbons (Fsp3) is 0.522. The Balaban J connectivity index is 1.77. The predicted octanol–water partition coefficient (Wildman–Crippen LogP) is 1.79. The van der Waals surface area contributed by atoms with Crippen molar-refractivity contribution in [1.29, 1.82) is 0 Å². The molecule has 1 N–H and O–H groups in total. The van der Waals surface area contributed by atoms with Gasteiger partial charge >= 0.3 is 5.97 Å². The summed E-state index contributed by atoms with van der Waals surface area (Å²) < 4.78 is 11.5. The van der Waals surface area contributed by atoms with Gasteiger partial charge in [0.1, 0.15) is 11.6 Å². The molecule has 2 amide bonds. The van der Waals surface area contributed by atoms with Crippen molar-refractivity contribution in [3.63, 3.8) is 0 Å². The number of β-amino-alcohol motifs (C(OH)–C–C–N with tert-alkyl or cyclic N) is 1. The molecule has 9 heteroatoms. The number of hydrogen-bond donors (Lipinski definition) is 1. The van der Waals surface area contributed by atoms with E-state index in [1.165, 1.54) is 9.80 Å². The summed E-state index contributed by atoms with van der Waals surface area (Å²) in [5.74, 6) is -2.81. The number of esters is 1. The number of rotatable bonds is 8. The van der Waals surface area contributed by atoms with Crippen LogP contribution in [0.3, 0.4) is 0 Å². The molecule has 0 aromatic heterocycles. The first-order valence-corrected chi connectivity index (χ1v) is 11.2. The smallest absolute Gasteiger partial charge is 0.312 e. The van der Waals surface area contributed by atoms with Gasteiger partial charge < -0.3 is 24.4 Å². The molecule has 4 rings (SSSR count). The Morgan fingerprint density at radius 2 is 2.19 bits per heavy atom. The summed E-state index contributed by atoms with van der Waals surface area (Å²) in [4.78, 5) is 43.0. The average Bonchev–Trinajstić information content (AvgIpc) is 3.41. The van der Waals surface area contributed by atoms with Gasteiger partial charge in [-0.1, -0.05) is 29.8 Å². The molecule has 0 aliphatic carbocycles. The second kappa shape index (κ2) is 8.84. The molecule has 3 fully saturated rings. The van der Waals surface area contributed by atoms with Gasteiger partial charge in [0.25, 0.3) is 5.91 Å². The summed E-state index contributed by atoms with van der Waals surface area (Å²) in [6.45, 7) is 5.47. The lowest BCUT2D eigenvalue weighted by molar-refractivity contribution is -0.154. The van der Waals surface area contributed by atoms with E-state index < -0.39 is 35.6 Å². The third kappa shape index (κ3) is 3.32. The van der Waals surface area contributed by atoms with Gasteiger partial charge in [0.2, 0.25) is 5.91 Å². The number of aliphatic hydroxyl groups is 1. The lowest BCUT2D eigenvalue weighted by Gasteiger charge is -2.36. The van der Waals surface area contributed by atoms with Gasteiger partial charge in [-0.05, 0) is 31.9 Å². The first-order valence-electron chi connectivity index (χ1n) is 10.8. The number of benzene rings is 1. The van der Waals surface area contributed by atoms with Crippen LogP contribution in [-0.4, -0.2) is 71.8 Å². The van der Waals surface area contributed by atoms with Gasteiger partial charge in [0, 0.05) is 13.1 Å². The minimum Gasteiger partial charge on any atom is -0.466 e. The van der Waals surface area contributed by atoms with E-state index in [2.05, 4.69) is 6.58 Å². The molecule has 8 nitrogen and oxygen atoms in total. The molecule has 5 atom stereocenters. The molecule has 3 heterocycles. The predicted molar refractivity (Wildman–Crippen MR) is 117 cm³/mol. The number of hydrogen-bond acceptors (Lipinski definition) is 6. The molecule has 32 heavy (non-hydrogen) atoms. The van der Waals surface area contributed by atoms with E-state index >= 15 is 0 Å². The minimum atomic E-state index is -1.15. The van der Waals surface area contributed by atoms with Crippen LogP contribution in [-0.2, 0) is 23.9 Å². The van der Waals surface area contributed by atoms with Crippen LogP contribution in [0.5, 0.6) is 0 Å². The van der Waals surface area contributed by atoms with Crippen LogP contribution >= 0.6 is 11.6 Å². The number of nitrogens with zero attached hydrogens (tertiary/aromatic N) is 2. The molecule has 0 radical (unpaired) electrons. The quantitative estimate of drug-likeness (QED) is 0.467. The highest BCUT2D eigenvalue weighted by molar-refractivity contribution is 6.34. The normalized spacial score (nSPS) is 30.3. The fourth-order valence-corrected chi connectivity index (χ4v) is 5.78. The zero-order valence-corrected chi connectivity index (χ0v) is 18.7. The maximum atomic E-state index is 14.0. The largest absolute Gasteiger partial charge is 0.466 e. The molecule has 2 bridgehead atoms. The minimum absolute atomic E-state index is 0.0402. The molecule has 3 aliphatic rings. The number of fused-ring (bicyclic) bond motifs is 1. The molecule has 1 aromatic carbocycles. The van der Waals surface area contributed by atoms with E-state index in [9.17, 15) is 19.5 Å². The summed E-state index contributed by atoms with van der Waals surface area (Å²) in [7, 11) is 0. The van der Waals surface area contributed by atoms with Crippen molar-refractivity contribution in [2.24, 2.45) is 11.8 Å². The Hall–Kier alpha value is -2.42. The zero-order chi connectivity index (χ0) is 23.0. The first kappa shape index (κ1) is 22.8. The SMILES string of the molecule is C=CCN(C(=O)[C@H]1N(CCO)C(=O)[C@@H]2[C@@H](C(=O)OCC)[C@H]3CC[C@]21O3)c1ccccc1Cl. The number of ether oxygens (including phenoxy) is 2. The molecular weight excluding hydrogens is 436 g/mol. The number of para-hydroxylation sites is 1. The highest BCUT2D eigenvalue weighted by Gasteiger charge is 2.75. The van der Waals surface area contributed by atoms with Gasteiger partial charge in [0.15, 0.2) is 0 Å². The van der Waals surface area contributed by atoms with E-state index in [1.54, 1.807) is 37.3 Å². The van der Waals surface area contributed by atoms with E-state index in [0.717, 1.165) is 0 Å². The van der Waals surface area contributed by atoms with Crippen LogP contribution < -0.4 is 4.90 Å². The molecular formula is C23H27ClN2O6. The Morgan fingerprint density at radius 1 is 1.44 bits per heavy atom. The summed E-state index contributed by atoms with van der Waals surface area (Å²) in [5.41, 5.74) is -0.656. The van der Waals surface area contributed by atoms with E-state index in [1.807, 2.05) is 0 Å². The van der Waals surface area contributed by atoms with Gasteiger partial charge in [0.05, 0.1) is 41.9 Å². The molecule has 3 aliphatic heterocycles. The second-order valence-electron chi connectivity index (χ2n) is 8.25. The average molecular weight is 463 g/mol. The van der Waals surface area contributed by atoms with Crippen molar-refractivity contribution >= 4 is 35.1 Å². The third-order valence-electron chi connectivity index (χ3n) is 6.65. The maximum absolute atomic E-state index is 14.0. The van der Waals surface area contributed by atoms with Crippen LogP contribution in [0.25, 0.3) is 0 Å². The lowest BCUT2D eigenvalue weighted by Crippen LogP contribution is -2.57. The highest BCUT2D eigenvalue weighted by atomic mass is 35.5. The number of carbonyl (C=O) groups excluding carboxylic acids is 3. The van der Waals surface area contributed by atoms with Crippen molar-refractivity contribution in [3.05, 3.63) is 41.9 Å². The second-order valence-corrected chi connectivity index (χ2v) is 8.66. The summed E-state index contributed by atoms with van der Waals surface area (Å²) in [6, 6.07) is 5.94. The Morgan fingerprint density at radius 3 is 2.84 bits per heavy atom. The first-order chi connectivity index (χ1) is 15.4. The van der Waals surface area contributed by atoms with Crippen molar-refractivity contribution in [2.75, 3.05) is 31.2 Å². The summed E-state index contributed by atoms with van der Waals surface area (Å²) >= 11 is 6.38. The molecule has 172 valence electrons. The number of halogens is 1. The monoisotopic (exact) mass is 462 g/mol. The Kier molecular flexibility index (Phi) is 6.29. The standard InChI is InChI=1S/C23H27ClN2O6/c1-3-11-25(15-8-6-5-7-14(15)24)21(29)19-23-10-9-16(32-23)17(22(30)31-4-2)18(23)20(28)26(19)12-13-27/h3,5-8,16-19,27H,1,4,9-13H2,2H3/t16-,17+,18+,19-,23+/m1/s1. The topological polar surface area (TPSA) is 96.4 Å². The summed E-state index contributed by atoms with van der Waals surface area (Å²) in [6.07, 6.45) is 2.13. The van der Waals surface area contributed by atoms with Crippen LogP contribution in [0.4, 0.5) is 5.69 Å². The molecule has 1 spiro atoms. The van der Waals surface area contributed by atoms with Gasteiger partial charge in [-0.25, -0.2) is 0 Å². The van der Waals surface area contributed by atoms with Crippen molar-refractivity contribution in [2.45, 2.75) is 37.5 Å². The molecule has 0 unspecified atom stereocenters. The Labute approximate surface area is 191 Å². The van der Waals surface area contributed by atoms with E-state index in [0.29, 0.717) is 23.6 Å². The number of amides is 2.